The molecule has 0 spiro atoms. The molecule has 1 aliphatic rings. The summed E-state index contributed by atoms with van der Waals surface area (Å²) in [5.74, 6) is 1.49. The molecule has 5 rings (SSSR count). The largest absolute Gasteiger partial charge is 0.486 e. The van der Waals surface area contributed by atoms with Crippen LogP contribution < -0.4 is 9.47 Å². The van der Waals surface area contributed by atoms with Crippen LogP contribution in [0.4, 0.5) is 0 Å². The fourth-order valence-corrected chi connectivity index (χ4v) is 5.29. The van der Waals surface area contributed by atoms with Crippen LogP contribution in [0.3, 0.4) is 0 Å². The van der Waals surface area contributed by atoms with Crippen molar-refractivity contribution in [2.75, 3.05) is 20.3 Å². The molecule has 0 fully saturated rings. The number of rotatable bonds is 4. The molecule has 1 amide bonds. The van der Waals surface area contributed by atoms with Crippen LogP contribution in [0.2, 0.25) is 0 Å². The molecule has 2 aromatic carbocycles. The number of carbonyl (C=O) groups is 1. The number of hydrogen-bond acceptors (Lipinski definition) is 6. The number of para-hydroxylation sites is 1. The number of aromatic nitrogens is 1. The number of nitrogens with zero attached hydrogens (tertiary/aromatic N) is 2. The zero-order chi connectivity index (χ0) is 19.8. The summed E-state index contributed by atoms with van der Waals surface area (Å²) in [4.78, 5) is 21.1. The van der Waals surface area contributed by atoms with Crippen LogP contribution in [0.25, 0.3) is 20.1 Å². The van der Waals surface area contributed by atoms with E-state index in [2.05, 4.69) is 11.1 Å². The summed E-state index contributed by atoms with van der Waals surface area (Å²) in [6, 6.07) is 17.8. The van der Waals surface area contributed by atoms with E-state index in [4.69, 9.17) is 9.47 Å². The number of thiophene rings is 1. The van der Waals surface area contributed by atoms with Gasteiger partial charge in [0.2, 0.25) is 0 Å². The lowest BCUT2D eigenvalue weighted by molar-refractivity contribution is 0.0789. The molecule has 0 bridgehead atoms. The maximum absolute atomic E-state index is 12.9. The number of carbonyl (C=O) groups excluding carboxylic acids is 1. The number of ether oxygens (including phenoxy) is 2. The molecule has 0 saturated carbocycles. The molecule has 7 heteroatoms. The van der Waals surface area contributed by atoms with Crippen LogP contribution in [-0.4, -0.2) is 36.1 Å². The molecule has 5 nitrogen and oxygen atoms in total. The Morgan fingerprint density at radius 1 is 1.03 bits per heavy atom. The first-order valence-corrected chi connectivity index (χ1v) is 10.9. The van der Waals surface area contributed by atoms with Crippen LogP contribution >= 0.6 is 22.7 Å². The van der Waals surface area contributed by atoms with Gasteiger partial charge in [-0.15, -0.1) is 22.7 Å². The van der Waals surface area contributed by atoms with E-state index < -0.39 is 0 Å². The molecule has 2 aromatic heterocycles. The number of fused-ring (bicyclic) bond motifs is 2. The minimum atomic E-state index is -0.00255. The van der Waals surface area contributed by atoms with Gasteiger partial charge in [-0.3, -0.25) is 4.79 Å². The molecule has 0 atom stereocenters. The third-order valence-electron chi connectivity index (χ3n) is 4.69. The summed E-state index contributed by atoms with van der Waals surface area (Å²) >= 11 is 3.13. The molecule has 0 radical (unpaired) electrons. The topological polar surface area (TPSA) is 51.7 Å². The van der Waals surface area contributed by atoms with Gasteiger partial charge in [0.1, 0.15) is 18.2 Å². The van der Waals surface area contributed by atoms with Crippen molar-refractivity contribution in [1.29, 1.82) is 0 Å². The number of thiazole rings is 1. The Labute approximate surface area is 176 Å². The zero-order valence-corrected chi connectivity index (χ0v) is 17.4. The number of benzene rings is 2. The maximum Gasteiger partial charge on any atom is 0.263 e. The molecule has 4 aromatic rings. The molecular formula is C22H18N2O3S2. The van der Waals surface area contributed by atoms with E-state index in [1.807, 2.05) is 55.6 Å². The predicted molar refractivity (Wildman–Crippen MR) is 116 cm³/mol. The Kier molecular flexibility index (Phi) is 4.69. The van der Waals surface area contributed by atoms with Gasteiger partial charge in [-0.05, 0) is 42.0 Å². The second-order valence-electron chi connectivity index (χ2n) is 6.79. The summed E-state index contributed by atoms with van der Waals surface area (Å²) in [5.41, 5.74) is 2.00. The second-order valence-corrected chi connectivity index (χ2v) is 8.90. The fraction of sp³-hybridized carbons (Fsp3) is 0.182. The normalized spacial score (nSPS) is 12.9. The molecule has 0 N–H and O–H groups in total. The monoisotopic (exact) mass is 422 g/mol. The Morgan fingerprint density at radius 3 is 2.72 bits per heavy atom. The Balaban J connectivity index is 1.33. The first-order valence-electron chi connectivity index (χ1n) is 9.27. The van der Waals surface area contributed by atoms with Crippen molar-refractivity contribution in [3.8, 4) is 21.4 Å². The summed E-state index contributed by atoms with van der Waals surface area (Å²) in [6.07, 6.45) is 0. The highest BCUT2D eigenvalue weighted by molar-refractivity contribution is 7.26. The van der Waals surface area contributed by atoms with Crippen LogP contribution in [-0.2, 0) is 6.54 Å². The van der Waals surface area contributed by atoms with Gasteiger partial charge in [0.25, 0.3) is 5.91 Å². The van der Waals surface area contributed by atoms with Crippen LogP contribution in [0, 0.1) is 0 Å². The molecule has 29 heavy (non-hydrogen) atoms. The van der Waals surface area contributed by atoms with Gasteiger partial charge < -0.3 is 14.4 Å². The summed E-state index contributed by atoms with van der Waals surface area (Å²) in [7, 11) is 1.82. The van der Waals surface area contributed by atoms with E-state index >= 15 is 0 Å². The van der Waals surface area contributed by atoms with Crippen molar-refractivity contribution in [3.05, 3.63) is 65.0 Å². The third-order valence-corrected chi connectivity index (χ3v) is 6.97. The summed E-state index contributed by atoms with van der Waals surface area (Å²) < 4.78 is 12.3. The van der Waals surface area contributed by atoms with Gasteiger partial charge in [-0.25, -0.2) is 4.98 Å². The SMILES string of the molecule is CN(Cc1ccc2c(c1)OCCO2)C(=O)c1ccc(-c2nc3ccccc3s2)s1. The van der Waals surface area contributed by atoms with Gasteiger partial charge in [0.05, 0.1) is 20.0 Å². The zero-order valence-electron chi connectivity index (χ0n) is 15.8. The quantitative estimate of drug-likeness (QED) is 0.461. The van der Waals surface area contributed by atoms with E-state index in [9.17, 15) is 4.79 Å². The van der Waals surface area contributed by atoms with Gasteiger partial charge in [0, 0.05) is 13.6 Å². The third kappa shape index (κ3) is 3.59. The number of hydrogen-bond donors (Lipinski definition) is 0. The molecule has 1 aliphatic heterocycles. The van der Waals surface area contributed by atoms with Gasteiger partial charge in [-0.2, -0.15) is 0 Å². The highest BCUT2D eigenvalue weighted by Crippen LogP contribution is 2.35. The van der Waals surface area contributed by atoms with E-state index in [0.717, 1.165) is 37.2 Å². The van der Waals surface area contributed by atoms with E-state index in [0.29, 0.717) is 24.6 Å². The lowest BCUT2D eigenvalue weighted by Gasteiger charge is -2.21. The van der Waals surface area contributed by atoms with Crippen molar-refractivity contribution < 1.29 is 14.3 Å². The van der Waals surface area contributed by atoms with Crippen molar-refractivity contribution in [1.82, 2.24) is 9.88 Å². The van der Waals surface area contributed by atoms with E-state index in [1.165, 1.54) is 11.3 Å². The van der Waals surface area contributed by atoms with Crippen molar-refractivity contribution in [2.24, 2.45) is 0 Å². The minimum absolute atomic E-state index is 0.00255. The first kappa shape index (κ1) is 18.1. The average Bonchev–Trinajstić information content (AvgIpc) is 3.40. The molecule has 3 heterocycles. The molecule has 0 unspecified atom stereocenters. The molecule has 0 aliphatic carbocycles. The standard InChI is InChI=1S/C22H18N2O3S2/c1-24(13-14-6-7-16-17(12-14)27-11-10-26-16)22(25)20-9-8-19(28-20)21-23-15-4-2-3-5-18(15)29-21/h2-9,12H,10-11,13H2,1H3. The highest BCUT2D eigenvalue weighted by Gasteiger charge is 2.18. The summed E-state index contributed by atoms with van der Waals surface area (Å²) in [6.45, 7) is 1.62. The van der Waals surface area contributed by atoms with Crippen molar-refractivity contribution >= 4 is 38.8 Å². The van der Waals surface area contributed by atoms with Crippen LogP contribution in [0.5, 0.6) is 11.5 Å². The second kappa shape index (κ2) is 7.50. The smallest absolute Gasteiger partial charge is 0.263 e. The van der Waals surface area contributed by atoms with E-state index in [1.54, 1.807) is 16.2 Å². The van der Waals surface area contributed by atoms with Gasteiger partial charge in [0.15, 0.2) is 11.5 Å². The maximum atomic E-state index is 12.9. The van der Waals surface area contributed by atoms with Crippen molar-refractivity contribution in [2.45, 2.75) is 6.54 Å². The van der Waals surface area contributed by atoms with Gasteiger partial charge >= 0.3 is 0 Å². The predicted octanol–water partition coefficient (Wildman–Crippen LogP) is 5.07. The number of amides is 1. The van der Waals surface area contributed by atoms with Crippen LogP contribution in [0.15, 0.2) is 54.6 Å². The van der Waals surface area contributed by atoms with Gasteiger partial charge in [-0.1, -0.05) is 18.2 Å². The minimum Gasteiger partial charge on any atom is -0.486 e. The highest BCUT2D eigenvalue weighted by atomic mass is 32.1. The molecule has 0 saturated heterocycles. The lowest BCUT2D eigenvalue weighted by atomic mass is 10.2. The van der Waals surface area contributed by atoms with Crippen molar-refractivity contribution in [3.63, 3.8) is 0 Å². The lowest BCUT2D eigenvalue weighted by Crippen LogP contribution is -2.25. The Hall–Kier alpha value is -2.90. The fourth-order valence-electron chi connectivity index (χ4n) is 3.27. The molecule has 146 valence electrons. The van der Waals surface area contributed by atoms with E-state index in [-0.39, 0.29) is 5.91 Å². The average molecular weight is 423 g/mol. The molecular weight excluding hydrogens is 404 g/mol. The Morgan fingerprint density at radius 2 is 1.86 bits per heavy atom. The first-order chi connectivity index (χ1) is 14.2. The van der Waals surface area contributed by atoms with Crippen LogP contribution in [0.1, 0.15) is 15.2 Å². The summed E-state index contributed by atoms with van der Waals surface area (Å²) in [5, 5.41) is 0.949. The Bertz CT molecular complexity index is 1160.